The summed E-state index contributed by atoms with van der Waals surface area (Å²) in [7, 11) is 0. The van der Waals surface area contributed by atoms with E-state index >= 15 is 0 Å². The summed E-state index contributed by atoms with van der Waals surface area (Å²) in [6.45, 7) is 11.2. The predicted octanol–water partition coefficient (Wildman–Crippen LogP) is 2.30. The van der Waals surface area contributed by atoms with E-state index < -0.39 is 12.0 Å². The minimum atomic E-state index is -0.517. The molecule has 0 spiro atoms. The molecule has 0 radical (unpaired) electrons. The van der Waals surface area contributed by atoms with Gasteiger partial charge in [-0.3, -0.25) is 4.79 Å². The van der Waals surface area contributed by atoms with Gasteiger partial charge in [0.25, 0.3) is 5.91 Å². The summed E-state index contributed by atoms with van der Waals surface area (Å²) in [4.78, 5) is 10.8. The van der Waals surface area contributed by atoms with E-state index in [4.69, 9.17) is 10.5 Å². The van der Waals surface area contributed by atoms with Crippen molar-refractivity contribution < 1.29 is 9.53 Å². The fourth-order valence-electron chi connectivity index (χ4n) is 1.28. The van der Waals surface area contributed by atoms with Gasteiger partial charge >= 0.3 is 0 Å². The lowest BCUT2D eigenvalue weighted by molar-refractivity contribution is -0.127. The molecule has 1 unspecified atom stereocenters. The summed E-state index contributed by atoms with van der Waals surface area (Å²) in [5, 5.41) is 0. The Morgan fingerprint density at radius 3 is 2.47 bits per heavy atom. The normalized spacial score (nSPS) is 19.5. The highest BCUT2D eigenvalue weighted by Gasteiger charge is 2.23. The lowest BCUT2D eigenvalue weighted by Gasteiger charge is -2.23. The fourth-order valence-corrected chi connectivity index (χ4v) is 1.28. The Kier molecular flexibility index (Phi) is 6.18. The topological polar surface area (TPSA) is 52.3 Å². The Bertz CT molecular complexity index is 279. The zero-order chi connectivity index (χ0) is 11.8. The van der Waals surface area contributed by atoms with Crippen molar-refractivity contribution in [3.63, 3.8) is 0 Å². The van der Waals surface area contributed by atoms with Crippen LogP contribution in [0.2, 0.25) is 0 Å². The smallest absolute Gasteiger partial charge is 0.258 e. The van der Waals surface area contributed by atoms with Gasteiger partial charge in [0.05, 0.1) is 0 Å². The molecule has 0 aromatic carbocycles. The number of hydrogen-bond acceptors (Lipinski definition) is 2. The second-order valence-electron chi connectivity index (χ2n) is 2.85. The van der Waals surface area contributed by atoms with Crippen molar-refractivity contribution in [3.05, 3.63) is 36.6 Å². The average Bonchev–Trinajstić information content (AvgIpc) is 2.30. The second kappa shape index (κ2) is 6.87. The number of carbonyl (C=O) groups is 1. The molecule has 0 aromatic rings. The summed E-state index contributed by atoms with van der Waals surface area (Å²) >= 11 is 0. The third kappa shape index (κ3) is 3.62. The average molecular weight is 209 g/mol. The van der Waals surface area contributed by atoms with Gasteiger partial charge in [-0.2, -0.15) is 0 Å². The van der Waals surface area contributed by atoms with Crippen molar-refractivity contribution in [2.45, 2.75) is 32.8 Å². The molecule has 1 amide bonds. The zero-order valence-electron chi connectivity index (χ0n) is 9.45. The first-order chi connectivity index (χ1) is 7.19. The van der Waals surface area contributed by atoms with Crippen LogP contribution in [0.3, 0.4) is 0 Å². The molecule has 15 heavy (non-hydrogen) atoms. The highest BCUT2D eigenvalue weighted by Crippen LogP contribution is 2.24. The molecule has 0 fully saturated rings. The largest absolute Gasteiger partial charge is 0.480 e. The summed E-state index contributed by atoms with van der Waals surface area (Å²) in [6.07, 6.45) is 4.16. The first-order valence-corrected chi connectivity index (χ1v) is 5.13. The van der Waals surface area contributed by atoms with Crippen LogP contribution in [0, 0.1) is 0 Å². The number of amides is 1. The first kappa shape index (κ1) is 13.5. The van der Waals surface area contributed by atoms with E-state index in [9.17, 15) is 4.79 Å². The van der Waals surface area contributed by atoms with Crippen LogP contribution in [0.25, 0.3) is 0 Å². The first-order valence-electron chi connectivity index (χ1n) is 5.13. The summed E-state index contributed by atoms with van der Waals surface area (Å²) in [6, 6.07) is 0. The van der Waals surface area contributed by atoms with Crippen LogP contribution in [0.15, 0.2) is 36.6 Å². The van der Waals surface area contributed by atoms with Crippen LogP contribution >= 0.6 is 0 Å². The molecule has 3 heteroatoms. The van der Waals surface area contributed by atoms with Gasteiger partial charge in [0.2, 0.25) is 0 Å². The van der Waals surface area contributed by atoms with E-state index in [1.54, 1.807) is 12.2 Å². The monoisotopic (exact) mass is 209 g/mol. The van der Waals surface area contributed by atoms with Crippen LogP contribution in [0.4, 0.5) is 0 Å². The Balaban J connectivity index is 0.000000921. The van der Waals surface area contributed by atoms with E-state index in [1.165, 1.54) is 0 Å². The summed E-state index contributed by atoms with van der Waals surface area (Å²) in [5.41, 5.74) is 6.10. The van der Waals surface area contributed by atoms with Gasteiger partial charge in [0.1, 0.15) is 5.76 Å². The maximum atomic E-state index is 10.8. The molecule has 0 saturated heterocycles. The summed E-state index contributed by atoms with van der Waals surface area (Å²) in [5.74, 6) is 0.188. The SMILES string of the molecule is C=CC1=C(C=C)OC(C(N)=O)CC1.CC. The van der Waals surface area contributed by atoms with E-state index in [-0.39, 0.29) is 0 Å². The number of carbonyl (C=O) groups excluding carboxylic acids is 1. The number of primary amides is 1. The van der Waals surface area contributed by atoms with Crippen LogP contribution in [-0.2, 0) is 9.53 Å². The van der Waals surface area contributed by atoms with E-state index in [0.29, 0.717) is 12.2 Å². The quantitative estimate of drug-likeness (QED) is 0.775. The van der Waals surface area contributed by atoms with Crippen molar-refractivity contribution in [1.29, 1.82) is 0 Å². The van der Waals surface area contributed by atoms with Gasteiger partial charge in [-0.15, -0.1) is 0 Å². The highest BCUT2D eigenvalue weighted by molar-refractivity contribution is 5.79. The molecule has 0 bridgehead atoms. The standard InChI is InChI=1S/C10H13NO2.C2H6/c1-3-7-5-6-9(10(11)12)13-8(7)4-2;1-2/h3-4,9H,1-2,5-6H2,(H2,11,12);1-2H3. The Morgan fingerprint density at radius 1 is 1.47 bits per heavy atom. The Morgan fingerprint density at radius 2 is 2.07 bits per heavy atom. The third-order valence-electron chi connectivity index (χ3n) is 2.01. The van der Waals surface area contributed by atoms with Crippen molar-refractivity contribution in [2.75, 3.05) is 0 Å². The van der Waals surface area contributed by atoms with Gasteiger partial charge in [0, 0.05) is 0 Å². The molecule has 84 valence electrons. The molecule has 1 atom stereocenters. The molecular formula is C12H19NO2. The third-order valence-corrected chi connectivity index (χ3v) is 2.01. The van der Waals surface area contributed by atoms with Crippen molar-refractivity contribution in [2.24, 2.45) is 5.73 Å². The number of allylic oxidation sites excluding steroid dienone is 3. The van der Waals surface area contributed by atoms with Crippen LogP contribution < -0.4 is 5.73 Å². The van der Waals surface area contributed by atoms with E-state index in [2.05, 4.69) is 13.2 Å². The maximum absolute atomic E-state index is 10.8. The number of ether oxygens (including phenoxy) is 1. The molecule has 1 aliphatic rings. The van der Waals surface area contributed by atoms with Crippen LogP contribution in [-0.4, -0.2) is 12.0 Å². The molecule has 0 aliphatic carbocycles. The molecule has 2 N–H and O–H groups in total. The predicted molar refractivity (Wildman–Crippen MR) is 62.1 cm³/mol. The Hall–Kier alpha value is -1.51. The number of rotatable bonds is 3. The van der Waals surface area contributed by atoms with Gasteiger partial charge < -0.3 is 10.5 Å². The van der Waals surface area contributed by atoms with Crippen molar-refractivity contribution in [3.8, 4) is 0 Å². The molecule has 0 saturated carbocycles. The highest BCUT2D eigenvalue weighted by atomic mass is 16.5. The van der Waals surface area contributed by atoms with Crippen LogP contribution in [0.1, 0.15) is 26.7 Å². The summed E-state index contributed by atoms with van der Waals surface area (Å²) < 4.78 is 5.32. The van der Waals surface area contributed by atoms with Crippen molar-refractivity contribution in [1.82, 2.24) is 0 Å². The Labute approximate surface area is 91.3 Å². The van der Waals surface area contributed by atoms with Gasteiger partial charge in [-0.05, 0) is 24.5 Å². The number of hydrogen-bond donors (Lipinski definition) is 1. The number of nitrogens with two attached hydrogens (primary N) is 1. The van der Waals surface area contributed by atoms with E-state index in [1.807, 2.05) is 13.8 Å². The van der Waals surface area contributed by atoms with Gasteiger partial charge in [-0.1, -0.05) is 33.1 Å². The molecule has 0 aromatic heterocycles. The van der Waals surface area contributed by atoms with Crippen LogP contribution in [0.5, 0.6) is 0 Å². The maximum Gasteiger partial charge on any atom is 0.258 e. The second-order valence-corrected chi connectivity index (χ2v) is 2.85. The lowest BCUT2D eigenvalue weighted by atomic mass is 10.0. The lowest BCUT2D eigenvalue weighted by Crippen LogP contribution is -2.33. The molecule has 1 rings (SSSR count). The van der Waals surface area contributed by atoms with Gasteiger partial charge in [0.15, 0.2) is 6.10 Å². The van der Waals surface area contributed by atoms with Crippen molar-refractivity contribution >= 4 is 5.91 Å². The molecule has 1 heterocycles. The molecule has 1 aliphatic heterocycles. The fraction of sp³-hybridized carbons (Fsp3) is 0.417. The minimum absolute atomic E-state index is 0.428. The zero-order valence-corrected chi connectivity index (χ0v) is 9.45. The molecular weight excluding hydrogens is 190 g/mol. The minimum Gasteiger partial charge on any atom is -0.480 e. The molecule has 3 nitrogen and oxygen atoms in total. The van der Waals surface area contributed by atoms with Gasteiger partial charge in [-0.25, -0.2) is 0 Å². The van der Waals surface area contributed by atoms with E-state index in [0.717, 1.165) is 12.0 Å².